The molecule has 0 aromatic rings. The van der Waals surface area contributed by atoms with Crippen molar-refractivity contribution < 1.29 is 4.74 Å². The third kappa shape index (κ3) is 2.85. The first-order valence-corrected chi connectivity index (χ1v) is 7.19. The molecule has 2 rings (SSSR count). The summed E-state index contributed by atoms with van der Waals surface area (Å²) in [6.07, 6.45) is 5.87. The Morgan fingerprint density at radius 2 is 2.33 bits per heavy atom. The van der Waals surface area contributed by atoms with Gasteiger partial charge in [0.2, 0.25) is 0 Å². The maximum atomic E-state index is 9.31. The van der Waals surface area contributed by atoms with Gasteiger partial charge in [0.15, 0.2) is 0 Å². The van der Waals surface area contributed by atoms with Crippen LogP contribution in [0, 0.1) is 11.3 Å². The van der Waals surface area contributed by atoms with Crippen molar-refractivity contribution in [2.45, 2.75) is 56.7 Å². The van der Waals surface area contributed by atoms with Crippen LogP contribution in [0.4, 0.5) is 0 Å². The maximum absolute atomic E-state index is 9.31. The lowest BCUT2D eigenvalue weighted by Gasteiger charge is -2.37. The summed E-state index contributed by atoms with van der Waals surface area (Å²) in [5, 5.41) is 12.5. The molecule has 18 heavy (non-hydrogen) atoms. The van der Waals surface area contributed by atoms with Gasteiger partial charge in [0.05, 0.1) is 12.2 Å². The summed E-state index contributed by atoms with van der Waals surface area (Å²) < 4.78 is 5.75. The molecule has 0 aromatic heterocycles. The van der Waals surface area contributed by atoms with Crippen LogP contribution in [-0.2, 0) is 4.74 Å². The number of ether oxygens (including phenoxy) is 1. The van der Waals surface area contributed by atoms with E-state index < -0.39 is 0 Å². The van der Waals surface area contributed by atoms with Gasteiger partial charge in [0.25, 0.3) is 0 Å². The third-order valence-electron chi connectivity index (χ3n) is 4.51. The van der Waals surface area contributed by atoms with Crippen LogP contribution >= 0.6 is 0 Å². The SMILES string of the molecule is CCOC1CCCN(C2CCC(C#N)(NC)C2)C1. The quantitative estimate of drug-likeness (QED) is 0.823. The summed E-state index contributed by atoms with van der Waals surface area (Å²) in [6, 6.07) is 3.02. The van der Waals surface area contributed by atoms with Crippen LogP contribution in [0.2, 0.25) is 0 Å². The summed E-state index contributed by atoms with van der Waals surface area (Å²) in [5.74, 6) is 0. The van der Waals surface area contributed by atoms with Gasteiger partial charge in [-0.2, -0.15) is 5.26 Å². The smallest absolute Gasteiger partial charge is 0.108 e. The lowest BCUT2D eigenvalue weighted by Crippen LogP contribution is -2.47. The van der Waals surface area contributed by atoms with Crippen LogP contribution in [0.5, 0.6) is 0 Å². The fourth-order valence-electron chi connectivity index (χ4n) is 3.39. The van der Waals surface area contributed by atoms with E-state index in [-0.39, 0.29) is 5.54 Å². The van der Waals surface area contributed by atoms with Crippen molar-refractivity contribution >= 4 is 0 Å². The normalized spacial score (nSPS) is 37.6. The molecule has 0 amide bonds. The highest BCUT2D eigenvalue weighted by molar-refractivity contribution is 5.13. The van der Waals surface area contributed by atoms with Crippen molar-refractivity contribution in [1.82, 2.24) is 10.2 Å². The van der Waals surface area contributed by atoms with Gasteiger partial charge in [-0.15, -0.1) is 0 Å². The van der Waals surface area contributed by atoms with E-state index in [1.165, 1.54) is 19.4 Å². The molecule has 0 bridgehead atoms. The van der Waals surface area contributed by atoms with Gasteiger partial charge in [0.1, 0.15) is 5.54 Å². The number of nitrogens with one attached hydrogen (secondary N) is 1. The fourth-order valence-corrected chi connectivity index (χ4v) is 3.39. The van der Waals surface area contributed by atoms with Gasteiger partial charge in [-0.1, -0.05) is 0 Å². The molecule has 1 N–H and O–H groups in total. The number of hydrogen-bond donors (Lipinski definition) is 1. The molecular formula is C14H25N3O. The minimum absolute atomic E-state index is 0.288. The van der Waals surface area contributed by atoms with Gasteiger partial charge in [-0.3, -0.25) is 4.90 Å². The summed E-state index contributed by atoms with van der Waals surface area (Å²) in [7, 11) is 1.91. The highest BCUT2D eigenvalue weighted by atomic mass is 16.5. The molecule has 102 valence electrons. The molecule has 1 saturated heterocycles. The van der Waals surface area contributed by atoms with Crippen molar-refractivity contribution in [3.05, 3.63) is 0 Å². The number of nitrogens with zero attached hydrogens (tertiary/aromatic N) is 2. The van der Waals surface area contributed by atoms with Gasteiger partial charge < -0.3 is 10.1 Å². The van der Waals surface area contributed by atoms with Gasteiger partial charge in [0, 0.05) is 19.2 Å². The lowest BCUT2D eigenvalue weighted by atomic mass is 9.99. The standard InChI is InChI=1S/C14H25N3O/c1-3-18-13-5-4-8-17(10-13)12-6-7-14(9-12,11-15)16-2/h12-13,16H,3-10H2,1-2H3. The number of piperidine rings is 1. The topological polar surface area (TPSA) is 48.3 Å². The molecule has 0 spiro atoms. The van der Waals surface area contributed by atoms with E-state index in [9.17, 15) is 5.26 Å². The number of likely N-dealkylation sites (tertiary alicyclic amines) is 1. The zero-order chi connectivity index (χ0) is 13.0. The predicted molar refractivity (Wildman–Crippen MR) is 71.3 cm³/mol. The molecule has 1 aliphatic carbocycles. The van der Waals surface area contributed by atoms with Gasteiger partial charge in [-0.05, 0) is 52.6 Å². The zero-order valence-electron chi connectivity index (χ0n) is 11.6. The molecule has 3 atom stereocenters. The van der Waals surface area contributed by atoms with Crippen LogP contribution < -0.4 is 5.32 Å². The molecule has 2 fully saturated rings. The second-order valence-electron chi connectivity index (χ2n) is 5.56. The van der Waals surface area contributed by atoms with Gasteiger partial charge in [-0.25, -0.2) is 0 Å². The molecule has 0 aromatic carbocycles. The summed E-state index contributed by atoms with van der Waals surface area (Å²) >= 11 is 0. The van der Waals surface area contributed by atoms with E-state index >= 15 is 0 Å². The minimum atomic E-state index is -0.288. The minimum Gasteiger partial charge on any atom is -0.377 e. The Hall–Kier alpha value is -0.630. The maximum Gasteiger partial charge on any atom is 0.108 e. The molecule has 0 radical (unpaired) electrons. The number of nitriles is 1. The van der Waals surface area contributed by atoms with Crippen molar-refractivity contribution in [2.75, 3.05) is 26.7 Å². The first-order valence-electron chi connectivity index (χ1n) is 7.19. The predicted octanol–water partition coefficient (Wildman–Crippen LogP) is 1.52. The average Bonchev–Trinajstić information content (AvgIpc) is 2.85. The van der Waals surface area contributed by atoms with E-state index in [2.05, 4.69) is 23.2 Å². The molecular weight excluding hydrogens is 226 g/mol. The van der Waals surface area contributed by atoms with Crippen molar-refractivity contribution in [1.29, 1.82) is 5.26 Å². The largest absolute Gasteiger partial charge is 0.377 e. The first kappa shape index (κ1) is 13.8. The lowest BCUT2D eigenvalue weighted by molar-refractivity contribution is -0.00702. The van der Waals surface area contributed by atoms with Crippen LogP contribution in [0.15, 0.2) is 0 Å². The average molecular weight is 251 g/mol. The van der Waals surface area contributed by atoms with Crippen LogP contribution in [0.3, 0.4) is 0 Å². The Kier molecular flexibility index (Phi) is 4.60. The van der Waals surface area contributed by atoms with E-state index in [1.54, 1.807) is 0 Å². The van der Waals surface area contributed by atoms with Crippen LogP contribution in [-0.4, -0.2) is 49.3 Å². The fraction of sp³-hybridized carbons (Fsp3) is 0.929. The Morgan fingerprint density at radius 1 is 1.50 bits per heavy atom. The molecule has 3 unspecified atom stereocenters. The first-order chi connectivity index (χ1) is 8.73. The molecule has 1 aliphatic heterocycles. The molecule has 1 saturated carbocycles. The summed E-state index contributed by atoms with van der Waals surface area (Å²) in [5.41, 5.74) is -0.288. The highest BCUT2D eigenvalue weighted by Crippen LogP contribution is 2.33. The van der Waals surface area contributed by atoms with Crippen LogP contribution in [0.25, 0.3) is 0 Å². The molecule has 4 nitrogen and oxygen atoms in total. The number of rotatable bonds is 4. The Labute approximate surface area is 110 Å². The van der Waals surface area contributed by atoms with Crippen molar-refractivity contribution in [2.24, 2.45) is 0 Å². The molecule has 4 heteroatoms. The number of hydrogen-bond acceptors (Lipinski definition) is 4. The zero-order valence-corrected chi connectivity index (χ0v) is 11.6. The van der Waals surface area contributed by atoms with E-state index in [0.717, 1.165) is 32.4 Å². The van der Waals surface area contributed by atoms with E-state index in [0.29, 0.717) is 12.1 Å². The molecule has 2 aliphatic rings. The summed E-state index contributed by atoms with van der Waals surface area (Å²) in [4.78, 5) is 2.54. The van der Waals surface area contributed by atoms with E-state index in [1.807, 2.05) is 7.05 Å². The van der Waals surface area contributed by atoms with Crippen molar-refractivity contribution in [3.63, 3.8) is 0 Å². The Morgan fingerprint density at radius 3 is 2.94 bits per heavy atom. The second kappa shape index (κ2) is 6.01. The van der Waals surface area contributed by atoms with Crippen LogP contribution in [0.1, 0.15) is 39.0 Å². The second-order valence-corrected chi connectivity index (χ2v) is 5.56. The molecule has 1 heterocycles. The van der Waals surface area contributed by atoms with Crippen molar-refractivity contribution in [3.8, 4) is 6.07 Å². The van der Waals surface area contributed by atoms with E-state index in [4.69, 9.17) is 4.74 Å². The Bertz CT molecular complexity index is 313. The third-order valence-corrected chi connectivity index (χ3v) is 4.51. The monoisotopic (exact) mass is 251 g/mol. The highest BCUT2D eigenvalue weighted by Gasteiger charge is 2.41. The summed E-state index contributed by atoms with van der Waals surface area (Å²) in [6.45, 7) is 5.08. The van der Waals surface area contributed by atoms with Gasteiger partial charge >= 0.3 is 0 Å². The Balaban J connectivity index is 1.91.